The molecule has 0 aliphatic rings. The van der Waals surface area contributed by atoms with E-state index in [9.17, 15) is 0 Å². The minimum Gasteiger partial charge on any atom is -0.310 e. The van der Waals surface area contributed by atoms with E-state index in [0.29, 0.717) is 5.02 Å². The maximum atomic E-state index is 6.27. The number of aryl methyl sites for hydroxylation is 1. The smallest absolute Gasteiger partial charge is 0.0439 e. The van der Waals surface area contributed by atoms with E-state index in [1.807, 2.05) is 37.4 Å². The molecule has 1 unspecified atom stereocenters. The second-order valence-electron chi connectivity index (χ2n) is 4.73. The van der Waals surface area contributed by atoms with Crippen molar-refractivity contribution in [2.45, 2.75) is 26.3 Å². The Kier molecular flexibility index (Phi) is 5.41. The van der Waals surface area contributed by atoms with Gasteiger partial charge in [-0.1, -0.05) is 36.2 Å². The highest BCUT2D eigenvalue weighted by Crippen LogP contribution is 2.27. The van der Waals surface area contributed by atoms with Gasteiger partial charge in [-0.25, -0.2) is 0 Å². The van der Waals surface area contributed by atoms with E-state index in [1.165, 1.54) is 5.56 Å². The van der Waals surface area contributed by atoms with Gasteiger partial charge in [0.05, 0.1) is 0 Å². The van der Waals surface area contributed by atoms with E-state index < -0.39 is 0 Å². The summed E-state index contributed by atoms with van der Waals surface area (Å²) < 4.78 is 0. The highest BCUT2D eigenvalue weighted by Gasteiger charge is 2.15. The van der Waals surface area contributed by atoms with Gasteiger partial charge in [0.2, 0.25) is 0 Å². The van der Waals surface area contributed by atoms with Gasteiger partial charge in [0.1, 0.15) is 0 Å². The fraction of sp³-hybridized carbons (Fsp3) is 0.312. The number of pyridine rings is 1. The highest BCUT2D eigenvalue weighted by atomic mass is 35.5. The van der Waals surface area contributed by atoms with Gasteiger partial charge in [0.15, 0.2) is 0 Å². The first-order chi connectivity index (χ1) is 9.61. The monoisotopic (exact) mass is 308 g/mol. The standard InChI is InChI=1S/C16H18Cl2N2/c1-3-19-16(14-5-4-8-20-11(14)2)10-12-9-13(17)6-7-15(12)18/h4-9,16,19H,3,10H2,1-2H3. The number of aromatic nitrogens is 1. The van der Waals surface area contributed by atoms with Crippen molar-refractivity contribution in [1.29, 1.82) is 0 Å². The fourth-order valence-corrected chi connectivity index (χ4v) is 2.71. The Hall–Kier alpha value is -1.09. The summed E-state index contributed by atoms with van der Waals surface area (Å²) in [5, 5.41) is 4.95. The van der Waals surface area contributed by atoms with Gasteiger partial charge in [-0.15, -0.1) is 0 Å². The van der Waals surface area contributed by atoms with Crippen molar-refractivity contribution in [2.75, 3.05) is 6.54 Å². The Labute approximate surface area is 130 Å². The molecular formula is C16H18Cl2N2. The van der Waals surface area contributed by atoms with Crippen molar-refractivity contribution in [3.8, 4) is 0 Å². The number of rotatable bonds is 5. The van der Waals surface area contributed by atoms with E-state index in [2.05, 4.69) is 23.3 Å². The summed E-state index contributed by atoms with van der Waals surface area (Å²) in [5.41, 5.74) is 3.29. The van der Waals surface area contributed by atoms with Crippen molar-refractivity contribution in [3.63, 3.8) is 0 Å². The number of halogens is 2. The van der Waals surface area contributed by atoms with Crippen LogP contribution in [-0.2, 0) is 6.42 Å². The normalized spacial score (nSPS) is 12.4. The summed E-state index contributed by atoms with van der Waals surface area (Å²) in [6, 6.07) is 9.84. The maximum absolute atomic E-state index is 6.27. The molecule has 106 valence electrons. The highest BCUT2D eigenvalue weighted by molar-refractivity contribution is 6.33. The summed E-state index contributed by atoms with van der Waals surface area (Å²) in [5.74, 6) is 0. The van der Waals surface area contributed by atoms with Crippen LogP contribution in [0.1, 0.15) is 29.8 Å². The van der Waals surface area contributed by atoms with Crippen LogP contribution < -0.4 is 5.32 Å². The predicted octanol–water partition coefficient (Wildman–Crippen LogP) is 4.59. The van der Waals surface area contributed by atoms with Crippen molar-refractivity contribution < 1.29 is 0 Å². The fourth-order valence-electron chi connectivity index (χ4n) is 2.32. The van der Waals surface area contributed by atoms with Gasteiger partial charge in [-0.05, 0) is 55.3 Å². The first-order valence-corrected chi connectivity index (χ1v) is 7.46. The molecule has 4 heteroatoms. The lowest BCUT2D eigenvalue weighted by Crippen LogP contribution is -2.24. The van der Waals surface area contributed by atoms with Crippen molar-refractivity contribution in [3.05, 3.63) is 63.4 Å². The molecule has 2 rings (SSSR count). The molecule has 2 nitrogen and oxygen atoms in total. The number of hydrogen-bond donors (Lipinski definition) is 1. The molecule has 20 heavy (non-hydrogen) atoms. The average molecular weight is 309 g/mol. The van der Waals surface area contributed by atoms with E-state index in [0.717, 1.165) is 29.2 Å². The molecule has 0 amide bonds. The van der Waals surface area contributed by atoms with Gasteiger partial charge >= 0.3 is 0 Å². The minimum atomic E-state index is 0.185. The zero-order chi connectivity index (χ0) is 14.5. The van der Waals surface area contributed by atoms with Crippen LogP contribution in [0.15, 0.2) is 36.5 Å². The van der Waals surface area contributed by atoms with Gasteiger partial charge in [-0.3, -0.25) is 4.98 Å². The van der Waals surface area contributed by atoms with Crippen molar-refractivity contribution in [1.82, 2.24) is 10.3 Å². The molecule has 0 aliphatic heterocycles. The quantitative estimate of drug-likeness (QED) is 0.874. The Morgan fingerprint density at radius 3 is 2.75 bits per heavy atom. The van der Waals surface area contributed by atoms with Crippen LogP contribution >= 0.6 is 23.2 Å². The molecule has 1 aromatic carbocycles. The van der Waals surface area contributed by atoms with Crippen molar-refractivity contribution >= 4 is 23.2 Å². The minimum absolute atomic E-state index is 0.185. The molecule has 0 bridgehead atoms. The molecular weight excluding hydrogens is 291 g/mol. The van der Waals surface area contributed by atoms with E-state index >= 15 is 0 Å². The van der Waals surface area contributed by atoms with E-state index in [-0.39, 0.29) is 6.04 Å². The third-order valence-corrected chi connectivity index (χ3v) is 3.91. The summed E-state index contributed by atoms with van der Waals surface area (Å²) in [6.07, 6.45) is 2.61. The van der Waals surface area contributed by atoms with Gasteiger partial charge in [0.25, 0.3) is 0 Å². The Bertz CT molecular complexity index is 584. The number of likely N-dealkylation sites (N-methyl/N-ethyl adjacent to an activating group) is 1. The van der Waals surface area contributed by atoms with Crippen LogP contribution in [-0.4, -0.2) is 11.5 Å². The summed E-state index contributed by atoms with van der Waals surface area (Å²) in [7, 11) is 0. The number of nitrogens with one attached hydrogen (secondary N) is 1. The molecule has 0 saturated heterocycles. The van der Waals surface area contributed by atoms with E-state index in [1.54, 1.807) is 0 Å². The first kappa shape index (κ1) is 15.3. The molecule has 2 aromatic rings. The molecule has 0 aliphatic carbocycles. The van der Waals surface area contributed by atoms with E-state index in [4.69, 9.17) is 23.2 Å². The lowest BCUT2D eigenvalue weighted by atomic mass is 9.98. The molecule has 1 heterocycles. The van der Waals surface area contributed by atoms with Crippen molar-refractivity contribution in [2.24, 2.45) is 0 Å². The third-order valence-electron chi connectivity index (χ3n) is 3.31. The topological polar surface area (TPSA) is 24.9 Å². The van der Waals surface area contributed by atoms with Crippen LogP contribution in [0.2, 0.25) is 10.0 Å². The van der Waals surface area contributed by atoms with Crippen LogP contribution in [0.5, 0.6) is 0 Å². The van der Waals surface area contributed by atoms with Crippen LogP contribution in [0, 0.1) is 6.92 Å². The van der Waals surface area contributed by atoms with Gasteiger partial charge in [0, 0.05) is 28.0 Å². The zero-order valence-corrected chi connectivity index (χ0v) is 13.2. The predicted molar refractivity (Wildman–Crippen MR) is 85.6 cm³/mol. The Morgan fingerprint density at radius 1 is 1.25 bits per heavy atom. The SMILES string of the molecule is CCNC(Cc1cc(Cl)ccc1Cl)c1cccnc1C. The second-order valence-corrected chi connectivity index (χ2v) is 5.57. The largest absolute Gasteiger partial charge is 0.310 e. The second kappa shape index (κ2) is 7.07. The summed E-state index contributed by atoms with van der Waals surface area (Å²) >= 11 is 12.3. The summed E-state index contributed by atoms with van der Waals surface area (Å²) in [6.45, 7) is 5.01. The molecule has 0 spiro atoms. The lowest BCUT2D eigenvalue weighted by molar-refractivity contribution is 0.545. The number of hydrogen-bond acceptors (Lipinski definition) is 2. The Morgan fingerprint density at radius 2 is 2.05 bits per heavy atom. The third kappa shape index (κ3) is 3.72. The van der Waals surface area contributed by atoms with Crippen LogP contribution in [0.25, 0.3) is 0 Å². The first-order valence-electron chi connectivity index (χ1n) is 6.70. The summed E-state index contributed by atoms with van der Waals surface area (Å²) in [4.78, 5) is 4.36. The lowest BCUT2D eigenvalue weighted by Gasteiger charge is -2.20. The van der Waals surface area contributed by atoms with Crippen LogP contribution in [0.3, 0.4) is 0 Å². The molecule has 1 N–H and O–H groups in total. The molecule has 0 saturated carbocycles. The average Bonchev–Trinajstić information content (AvgIpc) is 2.43. The molecule has 1 atom stereocenters. The number of nitrogens with zero attached hydrogens (tertiary/aromatic N) is 1. The van der Waals surface area contributed by atoms with Gasteiger partial charge < -0.3 is 5.32 Å². The number of benzene rings is 1. The van der Waals surface area contributed by atoms with Gasteiger partial charge in [-0.2, -0.15) is 0 Å². The maximum Gasteiger partial charge on any atom is 0.0439 e. The molecule has 0 radical (unpaired) electrons. The zero-order valence-electron chi connectivity index (χ0n) is 11.7. The Balaban J connectivity index is 2.30. The molecule has 0 fully saturated rings. The van der Waals surface area contributed by atoms with Crippen LogP contribution in [0.4, 0.5) is 0 Å². The molecule has 1 aromatic heterocycles.